The summed E-state index contributed by atoms with van der Waals surface area (Å²) >= 11 is 0. The molecule has 14 heavy (non-hydrogen) atoms. The number of aromatic nitrogens is 1. The van der Waals surface area contributed by atoms with Gasteiger partial charge in [-0.25, -0.2) is 0 Å². The Hall–Kier alpha value is -1.36. The zero-order valence-corrected chi connectivity index (χ0v) is 8.25. The van der Waals surface area contributed by atoms with Crippen LogP contribution in [0.1, 0.15) is 23.8 Å². The van der Waals surface area contributed by atoms with Gasteiger partial charge in [0.2, 0.25) is 0 Å². The maximum atomic E-state index is 11.3. The van der Waals surface area contributed by atoms with Gasteiger partial charge in [0.25, 0.3) is 5.91 Å². The van der Waals surface area contributed by atoms with E-state index in [1.807, 2.05) is 0 Å². The summed E-state index contributed by atoms with van der Waals surface area (Å²) in [6.45, 7) is 4.45. The van der Waals surface area contributed by atoms with E-state index >= 15 is 0 Å². The van der Waals surface area contributed by atoms with Crippen LogP contribution in [0.25, 0.3) is 0 Å². The summed E-state index contributed by atoms with van der Waals surface area (Å²) in [4.78, 5) is 11.3. The smallest absolute Gasteiger partial charge is 0.273 e. The van der Waals surface area contributed by atoms with Gasteiger partial charge in [0.1, 0.15) is 6.26 Å². The van der Waals surface area contributed by atoms with Crippen LogP contribution in [-0.2, 0) is 0 Å². The second-order valence-electron chi connectivity index (χ2n) is 2.89. The molecule has 1 aromatic heterocycles. The molecule has 0 saturated heterocycles. The Morgan fingerprint density at radius 1 is 1.50 bits per heavy atom. The molecule has 0 aliphatic carbocycles. The van der Waals surface area contributed by atoms with Crippen LogP contribution in [0.3, 0.4) is 0 Å². The lowest BCUT2D eigenvalue weighted by Gasteiger charge is -2.03. The number of carbonyl (C=O) groups excluding carboxylic acids is 1. The number of rotatable bonds is 6. The van der Waals surface area contributed by atoms with Crippen LogP contribution < -0.4 is 10.6 Å². The second-order valence-corrected chi connectivity index (χ2v) is 2.89. The van der Waals surface area contributed by atoms with E-state index in [2.05, 4.69) is 27.2 Å². The average Bonchev–Trinajstić information content (AvgIpc) is 2.70. The summed E-state index contributed by atoms with van der Waals surface area (Å²) < 4.78 is 4.55. The van der Waals surface area contributed by atoms with Crippen molar-refractivity contribution in [3.63, 3.8) is 0 Å². The van der Waals surface area contributed by atoms with Gasteiger partial charge in [0, 0.05) is 19.2 Å². The molecule has 78 valence electrons. The Balaban J connectivity index is 2.10. The zero-order valence-electron chi connectivity index (χ0n) is 8.25. The van der Waals surface area contributed by atoms with Crippen LogP contribution >= 0.6 is 0 Å². The van der Waals surface area contributed by atoms with E-state index in [9.17, 15) is 4.79 Å². The average molecular weight is 197 g/mol. The Morgan fingerprint density at radius 3 is 3.00 bits per heavy atom. The van der Waals surface area contributed by atoms with Gasteiger partial charge >= 0.3 is 0 Å². The highest BCUT2D eigenvalue weighted by molar-refractivity contribution is 5.91. The predicted octanol–water partition coefficient (Wildman–Crippen LogP) is 0.404. The second kappa shape index (κ2) is 6.15. The van der Waals surface area contributed by atoms with E-state index in [-0.39, 0.29) is 5.91 Å². The van der Waals surface area contributed by atoms with E-state index < -0.39 is 0 Å². The lowest BCUT2D eigenvalue weighted by Crippen LogP contribution is -2.32. The molecule has 0 spiro atoms. The third-order valence-electron chi connectivity index (χ3n) is 1.68. The van der Waals surface area contributed by atoms with Gasteiger partial charge in [-0.15, -0.1) is 0 Å². The monoisotopic (exact) mass is 197 g/mol. The highest BCUT2D eigenvalue weighted by atomic mass is 16.5. The molecule has 1 aromatic rings. The molecule has 0 fully saturated rings. The highest BCUT2D eigenvalue weighted by Crippen LogP contribution is 1.92. The third-order valence-corrected chi connectivity index (χ3v) is 1.68. The van der Waals surface area contributed by atoms with Gasteiger partial charge in [-0.2, -0.15) is 0 Å². The summed E-state index contributed by atoms with van der Waals surface area (Å²) in [6, 6.07) is 1.54. The van der Waals surface area contributed by atoms with Crippen molar-refractivity contribution in [3.05, 3.63) is 18.0 Å². The first-order chi connectivity index (χ1) is 6.84. The van der Waals surface area contributed by atoms with Crippen molar-refractivity contribution < 1.29 is 9.32 Å². The van der Waals surface area contributed by atoms with Crippen molar-refractivity contribution in [2.75, 3.05) is 19.6 Å². The van der Waals surface area contributed by atoms with Crippen LogP contribution in [0.4, 0.5) is 0 Å². The topological polar surface area (TPSA) is 67.2 Å². The Morgan fingerprint density at radius 2 is 2.36 bits per heavy atom. The van der Waals surface area contributed by atoms with Gasteiger partial charge in [-0.1, -0.05) is 12.1 Å². The fourth-order valence-electron chi connectivity index (χ4n) is 0.986. The minimum Gasteiger partial charge on any atom is -0.364 e. The fraction of sp³-hybridized carbons (Fsp3) is 0.556. The minimum atomic E-state index is -0.197. The summed E-state index contributed by atoms with van der Waals surface area (Å²) in [5.74, 6) is -0.197. The van der Waals surface area contributed by atoms with E-state index in [0.717, 1.165) is 19.5 Å². The number of nitrogens with zero attached hydrogens (tertiary/aromatic N) is 1. The lowest BCUT2D eigenvalue weighted by atomic mass is 10.4. The number of hydrogen-bond acceptors (Lipinski definition) is 4. The molecule has 1 heterocycles. The summed E-state index contributed by atoms with van der Waals surface area (Å²) in [5, 5.41) is 9.42. The molecule has 1 amide bonds. The standard InChI is InChI=1S/C9H15N3O2/c1-2-4-10-5-6-11-9(13)8-3-7-14-12-8/h3,7,10H,2,4-6H2,1H3,(H,11,13). The fourth-order valence-corrected chi connectivity index (χ4v) is 0.986. The van der Waals surface area contributed by atoms with E-state index in [1.54, 1.807) is 0 Å². The van der Waals surface area contributed by atoms with Crippen LogP contribution in [0.2, 0.25) is 0 Å². The van der Waals surface area contributed by atoms with Crippen LogP contribution in [-0.4, -0.2) is 30.7 Å². The zero-order chi connectivity index (χ0) is 10.2. The molecule has 0 aliphatic rings. The van der Waals surface area contributed by atoms with Crippen molar-refractivity contribution in [1.82, 2.24) is 15.8 Å². The number of nitrogens with one attached hydrogen (secondary N) is 2. The normalized spacial score (nSPS) is 10.1. The molecular formula is C9H15N3O2. The van der Waals surface area contributed by atoms with Gasteiger partial charge in [-0.05, 0) is 13.0 Å². The molecule has 0 aliphatic heterocycles. The van der Waals surface area contributed by atoms with Gasteiger partial charge in [-0.3, -0.25) is 4.79 Å². The first-order valence-corrected chi connectivity index (χ1v) is 4.74. The molecule has 5 nitrogen and oxygen atoms in total. The SMILES string of the molecule is CCCNCCNC(=O)c1ccon1. The molecule has 5 heteroatoms. The van der Waals surface area contributed by atoms with Crippen molar-refractivity contribution >= 4 is 5.91 Å². The van der Waals surface area contributed by atoms with E-state index in [0.29, 0.717) is 12.2 Å². The lowest BCUT2D eigenvalue weighted by molar-refractivity contribution is 0.0945. The number of amides is 1. The Kier molecular flexibility index (Phi) is 4.71. The van der Waals surface area contributed by atoms with Crippen molar-refractivity contribution in [2.24, 2.45) is 0 Å². The van der Waals surface area contributed by atoms with Crippen molar-refractivity contribution in [2.45, 2.75) is 13.3 Å². The summed E-state index contributed by atoms with van der Waals surface area (Å²) in [7, 11) is 0. The minimum absolute atomic E-state index is 0.197. The van der Waals surface area contributed by atoms with Gasteiger partial charge in [0.15, 0.2) is 5.69 Å². The molecule has 2 N–H and O–H groups in total. The molecule has 0 unspecified atom stereocenters. The molecule has 0 atom stereocenters. The summed E-state index contributed by atoms with van der Waals surface area (Å²) in [5.41, 5.74) is 0.320. The van der Waals surface area contributed by atoms with E-state index in [1.165, 1.54) is 12.3 Å². The van der Waals surface area contributed by atoms with Crippen LogP contribution in [0.5, 0.6) is 0 Å². The molecule has 0 saturated carbocycles. The van der Waals surface area contributed by atoms with Gasteiger partial charge in [0.05, 0.1) is 0 Å². The number of carbonyl (C=O) groups is 1. The molecule has 0 aromatic carbocycles. The molecular weight excluding hydrogens is 182 g/mol. The first kappa shape index (κ1) is 10.7. The maximum absolute atomic E-state index is 11.3. The molecule has 0 radical (unpaired) electrons. The quantitative estimate of drug-likeness (QED) is 0.648. The molecule has 0 bridgehead atoms. The number of hydrogen-bond donors (Lipinski definition) is 2. The maximum Gasteiger partial charge on any atom is 0.273 e. The van der Waals surface area contributed by atoms with E-state index in [4.69, 9.17) is 0 Å². The van der Waals surface area contributed by atoms with Crippen LogP contribution in [0, 0.1) is 0 Å². The van der Waals surface area contributed by atoms with Crippen molar-refractivity contribution in [1.29, 1.82) is 0 Å². The van der Waals surface area contributed by atoms with Gasteiger partial charge < -0.3 is 15.2 Å². The first-order valence-electron chi connectivity index (χ1n) is 4.74. The molecule has 1 rings (SSSR count). The summed E-state index contributed by atoms with van der Waals surface area (Å²) in [6.07, 6.45) is 2.47. The predicted molar refractivity (Wildman–Crippen MR) is 52.0 cm³/mol. The van der Waals surface area contributed by atoms with Crippen molar-refractivity contribution in [3.8, 4) is 0 Å². The van der Waals surface area contributed by atoms with Crippen LogP contribution in [0.15, 0.2) is 16.9 Å². The largest absolute Gasteiger partial charge is 0.364 e. The Bertz CT molecular complexity index is 259. The highest BCUT2D eigenvalue weighted by Gasteiger charge is 2.06. The Labute approximate surface area is 82.8 Å². The third kappa shape index (κ3) is 3.57.